The molecule has 0 atom stereocenters. The molecule has 4 heteroatoms. The maximum Gasteiger partial charge on any atom is 0.129 e. The Kier molecular flexibility index (Phi) is 4.09. The molecule has 0 spiro atoms. The molecule has 2 aromatic rings. The van der Waals surface area contributed by atoms with Crippen LogP contribution in [0.15, 0.2) is 33.2 Å². The molecule has 0 radical (unpaired) electrons. The number of rotatable bonds is 4. The van der Waals surface area contributed by atoms with Crippen molar-refractivity contribution in [2.75, 3.05) is 5.32 Å². The third-order valence-corrected chi connectivity index (χ3v) is 3.27. The van der Waals surface area contributed by atoms with E-state index in [9.17, 15) is 0 Å². The number of benzene rings is 1. The highest BCUT2D eigenvalue weighted by Gasteiger charge is 2.06. The zero-order valence-corrected chi connectivity index (χ0v) is 12.0. The minimum absolute atomic E-state index is 0.0592. The molecule has 1 aromatic carbocycles. The monoisotopic (exact) mass is 309 g/mol. The van der Waals surface area contributed by atoms with Gasteiger partial charge in [-0.2, -0.15) is 0 Å². The molecule has 0 saturated carbocycles. The van der Waals surface area contributed by atoms with Crippen molar-refractivity contribution in [2.45, 2.75) is 27.0 Å². The van der Waals surface area contributed by atoms with Crippen LogP contribution >= 0.6 is 15.9 Å². The fourth-order valence-electron chi connectivity index (χ4n) is 1.97. The van der Waals surface area contributed by atoms with Crippen molar-refractivity contribution in [1.82, 2.24) is 0 Å². The molecule has 96 valence electrons. The summed E-state index contributed by atoms with van der Waals surface area (Å²) in [5.74, 6) is 1.41. The number of nitrogens with one attached hydrogen (secondary N) is 1. The van der Waals surface area contributed by atoms with E-state index in [-0.39, 0.29) is 6.61 Å². The molecule has 2 N–H and O–H groups in total. The Morgan fingerprint density at radius 3 is 2.33 bits per heavy atom. The number of furan rings is 1. The second kappa shape index (κ2) is 5.59. The van der Waals surface area contributed by atoms with Crippen LogP contribution in [0, 0.1) is 13.8 Å². The molecule has 0 bridgehead atoms. The molecule has 0 aliphatic heterocycles. The van der Waals surface area contributed by atoms with E-state index < -0.39 is 0 Å². The average Bonchev–Trinajstić information content (AvgIpc) is 2.75. The first-order valence-corrected chi connectivity index (χ1v) is 6.58. The number of aliphatic hydroxyl groups excluding tert-OH is 1. The molecule has 0 unspecified atom stereocenters. The van der Waals surface area contributed by atoms with Crippen LogP contribution in [0.3, 0.4) is 0 Å². The highest BCUT2D eigenvalue weighted by molar-refractivity contribution is 9.10. The van der Waals surface area contributed by atoms with Gasteiger partial charge in [-0.3, -0.25) is 0 Å². The summed E-state index contributed by atoms with van der Waals surface area (Å²) in [4.78, 5) is 0. The summed E-state index contributed by atoms with van der Waals surface area (Å²) < 4.78 is 6.52. The smallest absolute Gasteiger partial charge is 0.129 e. The van der Waals surface area contributed by atoms with Crippen molar-refractivity contribution in [3.63, 3.8) is 0 Å². The van der Waals surface area contributed by atoms with Crippen LogP contribution in [0.25, 0.3) is 0 Å². The second-order valence-electron chi connectivity index (χ2n) is 4.29. The van der Waals surface area contributed by atoms with Gasteiger partial charge in [-0.15, -0.1) is 0 Å². The van der Waals surface area contributed by atoms with E-state index in [1.165, 1.54) is 11.1 Å². The van der Waals surface area contributed by atoms with Crippen LogP contribution in [0.2, 0.25) is 0 Å². The second-order valence-corrected chi connectivity index (χ2v) is 5.21. The Hall–Kier alpha value is -1.26. The molecular weight excluding hydrogens is 294 g/mol. The van der Waals surface area contributed by atoms with Gasteiger partial charge in [0.2, 0.25) is 0 Å². The minimum atomic E-state index is -0.0592. The van der Waals surface area contributed by atoms with E-state index in [2.05, 4.69) is 47.2 Å². The molecule has 0 aliphatic rings. The van der Waals surface area contributed by atoms with Crippen LogP contribution < -0.4 is 5.32 Å². The summed E-state index contributed by atoms with van der Waals surface area (Å²) in [7, 11) is 0. The van der Waals surface area contributed by atoms with Gasteiger partial charge in [0, 0.05) is 10.2 Å². The molecule has 0 amide bonds. The highest BCUT2D eigenvalue weighted by Crippen LogP contribution is 2.25. The van der Waals surface area contributed by atoms with Crippen molar-refractivity contribution in [1.29, 1.82) is 0 Å². The van der Waals surface area contributed by atoms with E-state index in [0.29, 0.717) is 12.3 Å². The normalized spacial score (nSPS) is 10.7. The lowest BCUT2D eigenvalue weighted by atomic mass is 10.1. The van der Waals surface area contributed by atoms with Gasteiger partial charge in [0.05, 0.1) is 6.54 Å². The molecular formula is C14H16BrNO2. The van der Waals surface area contributed by atoms with Gasteiger partial charge < -0.3 is 14.8 Å². The van der Waals surface area contributed by atoms with Gasteiger partial charge in [0.25, 0.3) is 0 Å². The van der Waals surface area contributed by atoms with Crippen molar-refractivity contribution in [3.05, 3.63) is 51.4 Å². The Labute approximate surface area is 115 Å². The molecule has 3 nitrogen and oxygen atoms in total. The van der Waals surface area contributed by atoms with Crippen LogP contribution in [0.5, 0.6) is 0 Å². The maximum absolute atomic E-state index is 8.94. The quantitative estimate of drug-likeness (QED) is 0.904. The van der Waals surface area contributed by atoms with Crippen molar-refractivity contribution >= 4 is 21.6 Å². The molecule has 0 saturated heterocycles. The molecule has 0 fully saturated rings. The van der Waals surface area contributed by atoms with Gasteiger partial charge in [0.1, 0.15) is 18.1 Å². The molecule has 1 aromatic heterocycles. The molecule has 0 aliphatic carbocycles. The van der Waals surface area contributed by atoms with E-state index in [4.69, 9.17) is 9.52 Å². The first kappa shape index (κ1) is 13.2. The van der Waals surface area contributed by atoms with Crippen molar-refractivity contribution < 1.29 is 9.52 Å². The van der Waals surface area contributed by atoms with E-state index in [1.807, 2.05) is 6.07 Å². The topological polar surface area (TPSA) is 45.4 Å². The van der Waals surface area contributed by atoms with E-state index in [0.717, 1.165) is 15.9 Å². The average molecular weight is 310 g/mol. The van der Waals surface area contributed by atoms with E-state index in [1.54, 1.807) is 6.07 Å². The predicted octanol–water partition coefficient (Wildman–Crippen LogP) is 3.76. The summed E-state index contributed by atoms with van der Waals surface area (Å²) in [6.45, 7) is 4.70. The SMILES string of the molecule is Cc1cc(Br)cc(C)c1NCc1ccc(CO)o1. The maximum atomic E-state index is 8.94. The fraction of sp³-hybridized carbons (Fsp3) is 0.286. The van der Waals surface area contributed by atoms with Crippen LogP contribution in [-0.2, 0) is 13.2 Å². The lowest BCUT2D eigenvalue weighted by Gasteiger charge is -2.12. The third kappa shape index (κ3) is 2.94. The fourth-order valence-corrected chi connectivity index (χ4v) is 2.65. The molecule has 18 heavy (non-hydrogen) atoms. The number of aryl methyl sites for hydroxylation is 2. The predicted molar refractivity (Wildman–Crippen MR) is 75.6 cm³/mol. The summed E-state index contributed by atoms with van der Waals surface area (Å²) in [5.41, 5.74) is 3.51. The van der Waals surface area contributed by atoms with Gasteiger partial charge in [-0.1, -0.05) is 15.9 Å². The number of hydrogen-bond acceptors (Lipinski definition) is 3. The van der Waals surface area contributed by atoms with Gasteiger partial charge in [-0.05, 0) is 49.2 Å². The Bertz CT molecular complexity index is 525. The Morgan fingerprint density at radius 1 is 1.17 bits per heavy atom. The zero-order chi connectivity index (χ0) is 13.1. The Morgan fingerprint density at radius 2 is 1.78 bits per heavy atom. The van der Waals surface area contributed by atoms with Gasteiger partial charge in [-0.25, -0.2) is 0 Å². The Balaban J connectivity index is 2.10. The standard InChI is InChI=1S/C14H16BrNO2/c1-9-5-11(15)6-10(2)14(9)16-7-12-3-4-13(8-17)18-12/h3-6,16-17H,7-8H2,1-2H3. The number of anilines is 1. The summed E-state index contributed by atoms with van der Waals surface area (Å²) in [5, 5.41) is 12.3. The molecule has 2 rings (SSSR count). The van der Waals surface area contributed by atoms with Crippen LogP contribution in [0.1, 0.15) is 22.6 Å². The van der Waals surface area contributed by atoms with Crippen LogP contribution in [-0.4, -0.2) is 5.11 Å². The lowest BCUT2D eigenvalue weighted by molar-refractivity contribution is 0.244. The third-order valence-electron chi connectivity index (χ3n) is 2.81. The summed E-state index contributed by atoms with van der Waals surface area (Å²) in [6, 6.07) is 7.83. The number of aliphatic hydroxyl groups is 1. The summed E-state index contributed by atoms with van der Waals surface area (Å²) >= 11 is 3.48. The molecule has 1 heterocycles. The number of halogens is 1. The number of hydrogen-bond donors (Lipinski definition) is 2. The van der Waals surface area contributed by atoms with Crippen molar-refractivity contribution in [2.24, 2.45) is 0 Å². The lowest BCUT2D eigenvalue weighted by Crippen LogP contribution is -2.02. The first-order valence-electron chi connectivity index (χ1n) is 5.79. The highest BCUT2D eigenvalue weighted by atomic mass is 79.9. The summed E-state index contributed by atoms with van der Waals surface area (Å²) in [6.07, 6.45) is 0. The largest absolute Gasteiger partial charge is 0.462 e. The van der Waals surface area contributed by atoms with Crippen molar-refractivity contribution in [3.8, 4) is 0 Å². The minimum Gasteiger partial charge on any atom is -0.462 e. The van der Waals surface area contributed by atoms with E-state index >= 15 is 0 Å². The van der Waals surface area contributed by atoms with Gasteiger partial charge in [0.15, 0.2) is 0 Å². The zero-order valence-electron chi connectivity index (χ0n) is 10.5. The van der Waals surface area contributed by atoms with Gasteiger partial charge >= 0.3 is 0 Å². The first-order chi connectivity index (χ1) is 8.60. The van der Waals surface area contributed by atoms with Crippen LogP contribution in [0.4, 0.5) is 5.69 Å².